The summed E-state index contributed by atoms with van der Waals surface area (Å²) in [5.41, 5.74) is 2.38. The van der Waals surface area contributed by atoms with Crippen molar-refractivity contribution in [3.63, 3.8) is 0 Å². The lowest BCUT2D eigenvalue weighted by molar-refractivity contribution is 0.405. The molecule has 4 heteroatoms. The number of rotatable bonds is 6. The number of furan rings is 1. The number of likely N-dealkylation sites (N-methyl/N-ethyl adjacent to an activating group) is 1. The maximum atomic E-state index is 5.45. The van der Waals surface area contributed by atoms with Gasteiger partial charge in [0.1, 0.15) is 11.5 Å². The summed E-state index contributed by atoms with van der Waals surface area (Å²) >= 11 is 3.52. The fourth-order valence-corrected chi connectivity index (χ4v) is 2.83. The highest BCUT2D eigenvalue weighted by Crippen LogP contribution is 2.29. The van der Waals surface area contributed by atoms with Gasteiger partial charge in [-0.05, 0) is 49.7 Å². The second-order valence-electron chi connectivity index (χ2n) is 4.70. The zero-order chi connectivity index (χ0) is 14.5. The molecule has 3 nitrogen and oxygen atoms in total. The third kappa shape index (κ3) is 3.44. The molecular weight excluding hydrogens is 318 g/mol. The lowest BCUT2D eigenvalue weighted by atomic mass is 9.98. The van der Waals surface area contributed by atoms with E-state index in [1.165, 1.54) is 11.1 Å². The average Bonchev–Trinajstić information content (AvgIpc) is 2.85. The molecule has 0 spiro atoms. The minimum absolute atomic E-state index is 0.224. The average molecular weight is 338 g/mol. The van der Waals surface area contributed by atoms with E-state index in [-0.39, 0.29) is 6.04 Å². The van der Waals surface area contributed by atoms with Gasteiger partial charge in [0.05, 0.1) is 13.4 Å². The Labute approximate surface area is 128 Å². The first-order valence-corrected chi connectivity index (χ1v) is 7.54. The quantitative estimate of drug-likeness (QED) is 0.855. The van der Waals surface area contributed by atoms with E-state index in [4.69, 9.17) is 9.15 Å². The van der Waals surface area contributed by atoms with Gasteiger partial charge in [-0.15, -0.1) is 0 Å². The fraction of sp³-hybridized carbons (Fsp3) is 0.375. The van der Waals surface area contributed by atoms with Crippen molar-refractivity contribution in [3.8, 4) is 5.75 Å². The van der Waals surface area contributed by atoms with Gasteiger partial charge in [-0.2, -0.15) is 0 Å². The number of nitrogens with one attached hydrogen (secondary N) is 1. The molecule has 0 radical (unpaired) electrons. The largest absolute Gasteiger partial charge is 0.496 e. The molecule has 0 aliphatic rings. The molecule has 0 aliphatic carbocycles. The van der Waals surface area contributed by atoms with E-state index in [2.05, 4.69) is 34.2 Å². The molecule has 1 aromatic heterocycles. The topological polar surface area (TPSA) is 34.4 Å². The number of halogens is 1. The van der Waals surface area contributed by atoms with Crippen molar-refractivity contribution >= 4 is 15.9 Å². The molecule has 0 aliphatic heterocycles. The Hall–Kier alpha value is -1.26. The van der Waals surface area contributed by atoms with E-state index in [0.29, 0.717) is 0 Å². The van der Waals surface area contributed by atoms with E-state index >= 15 is 0 Å². The van der Waals surface area contributed by atoms with Gasteiger partial charge >= 0.3 is 0 Å². The smallest absolute Gasteiger partial charge is 0.122 e. The van der Waals surface area contributed by atoms with Crippen LogP contribution in [0.4, 0.5) is 0 Å². The highest BCUT2D eigenvalue weighted by molar-refractivity contribution is 9.10. The highest BCUT2D eigenvalue weighted by atomic mass is 79.9. The van der Waals surface area contributed by atoms with E-state index in [9.17, 15) is 0 Å². The second-order valence-corrected chi connectivity index (χ2v) is 5.62. The van der Waals surface area contributed by atoms with Gasteiger partial charge in [-0.3, -0.25) is 0 Å². The van der Waals surface area contributed by atoms with Crippen molar-refractivity contribution in [1.29, 1.82) is 0 Å². The molecule has 20 heavy (non-hydrogen) atoms. The Bertz CT molecular complexity index is 565. The van der Waals surface area contributed by atoms with Gasteiger partial charge in [-0.1, -0.05) is 22.9 Å². The molecule has 1 atom stereocenters. The molecule has 2 aromatic rings. The molecule has 0 saturated carbocycles. The number of hydrogen-bond donors (Lipinski definition) is 1. The number of benzene rings is 1. The first-order chi connectivity index (χ1) is 9.65. The van der Waals surface area contributed by atoms with Crippen LogP contribution in [0.2, 0.25) is 0 Å². The molecule has 1 heterocycles. The van der Waals surface area contributed by atoms with Crippen molar-refractivity contribution in [3.05, 3.63) is 51.9 Å². The van der Waals surface area contributed by atoms with Crippen LogP contribution in [0.3, 0.4) is 0 Å². The molecule has 0 fully saturated rings. The van der Waals surface area contributed by atoms with Gasteiger partial charge in [0.2, 0.25) is 0 Å². The summed E-state index contributed by atoms with van der Waals surface area (Å²) in [4.78, 5) is 0. The Kier molecular flexibility index (Phi) is 5.26. The molecule has 0 saturated heterocycles. The van der Waals surface area contributed by atoms with Crippen LogP contribution in [0.25, 0.3) is 0 Å². The van der Waals surface area contributed by atoms with Crippen molar-refractivity contribution < 1.29 is 9.15 Å². The zero-order valence-corrected chi connectivity index (χ0v) is 13.7. The van der Waals surface area contributed by atoms with E-state index in [0.717, 1.165) is 28.9 Å². The van der Waals surface area contributed by atoms with Crippen molar-refractivity contribution in [1.82, 2.24) is 5.32 Å². The van der Waals surface area contributed by atoms with Crippen LogP contribution in [0.15, 0.2) is 39.4 Å². The van der Waals surface area contributed by atoms with Gasteiger partial charge in [0, 0.05) is 16.1 Å². The Morgan fingerprint density at radius 3 is 2.75 bits per heavy atom. The molecule has 2 rings (SSSR count). The maximum absolute atomic E-state index is 5.45. The predicted molar refractivity (Wildman–Crippen MR) is 84.3 cm³/mol. The molecule has 0 amide bonds. The van der Waals surface area contributed by atoms with Crippen molar-refractivity contribution in [2.24, 2.45) is 0 Å². The molecular formula is C16H20BrNO2. The summed E-state index contributed by atoms with van der Waals surface area (Å²) in [6.07, 6.45) is 2.60. The lowest BCUT2D eigenvalue weighted by Gasteiger charge is -2.19. The van der Waals surface area contributed by atoms with Crippen LogP contribution < -0.4 is 10.1 Å². The van der Waals surface area contributed by atoms with Crippen LogP contribution in [-0.4, -0.2) is 13.7 Å². The summed E-state index contributed by atoms with van der Waals surface area (Å²) in [6, 6.07) is 8.35. The van der Waals surface area contributed by atoms with Crippen molar-refractivity contribution in [2.75, 3.05) is 13.7 Å². The van der Waals surface area contributed by atoms with E-state index in [1.54, 1.807) is 13.4 Å². The molecule has 108 valence electrons. The molecule has 1 unspecified atom stereocenters. The monoisotopic (exact) mass is 337 g/mol. The summed E-state index contributed by atoms with van der Waals surface area (Å²) in [6.45, 7) is 5.02. The molecule has 1 aromatic carbocycles. The minimum atomic E-state index is 0.224. The number of hydrogen-bond acceptors (Lipinski definition) is 3. The molecule has 0 bridgehead atoms. The predicted octanol–water partition coefficient (Wildman–Crippen LogP) is 4.25. The van der Waals surface area contributed by atoms with Gasteiger partial charge < -0.3 is 14.5 Å². The lowest BCUT2D eigenvalue weighted by Crippen LogP contribution is -2.23. The normalized spacial score (nSPS) is 12.4. The summed E-state index contributed by atoms with van der Waals surface area (Å²) in [5, 5.41) is 3.51. The number of methoxy groups -OCH3 is 1. The first-order valence-electron chi connectivity index (χ1n) is 6.75. The second kappa shape index (κ2) is 6.95. The standard InChI is InChI=1S/C16H20BrNO2/c1-4-18-15(14-7-8-20-11(14)2)10-12-9-13(17)5-6-16(12)19-3/h5-9,15,18H,4,10H2,1-3H3. The van der Waals surface area contributed by atoms with Crippen molar-refractivity contribution in [2.45, 2.75) is 26.3 Å². The maximum Gasteiger partial charge on any atom is 0.122 e. The van der Waals surface area contributed by atoms with Gasteiger partial charge in [0.15, 0.2) is 0 Å². The third-order valence-corrected chi connectivity index (χ3v) is 3.88. The van der Waals surface area contributed by atoms with Gasteiger partial charge in [0.25, 0.3) is 0 Å². The van der Waals surface area contributed by atoms with Crippen LogP contribution in [0.5, 0.6) is 5.75 Å². The van der Waals surface area contributed by atoms with Gasteiger partial charge in [-0.25, -0.2) is 0 Å². The van der Waals surface area contributed by atoms with Crippen LogP contribution in [0.1, 0.15) is 29.9 Å². The minimum Gasteiger partial charge on any atom is -0.496 e. The van der Waals surface area contributed by atoms with Crippen LogP contribution >= 0.6 is 15.9 Å². The first kappa shape index (κ1) is 15.1. The Morgan fingerprint density at radius 2 is 2.15 bits per heavy atom. The van der Waals surface area contributed by atoms with Crippen LogP contribution in [-0.2, 0) is 6.42 Å². The van der Waals surface area contributed by atoms with Crippen LogP contribution in [0, 0.1) is 6.92 Å². The summed E-state index contributed by atoms with van der Waals surface area (Å²) < 4.78 is 11.9. The number of aryl methyl sites for hydroxylation is 1. The Morgan fingerprint density at radius 1 is 1.35 bits per heavy atom. The summed E-state index contributed by atoms with van der Waals surface area (Å²) in [5.74, 6) is 1.88. The zero-order valence-electron chi connectivity index (χ0n) is 12.1. The highest BCUT2D eigenvalue weighted by Gasteiger charge is 2.17. The summed E-state index contributed by atoms with van der Waals surface area (Å²) in [7, 11) is 1.71. The number of ether oxygens (including phenoxy) is 1. The molecule has 1 N–H and O–H groups in total. The van der Waals surface area contributed by atoms with E-state index in [1.807, 2.05) is 25.1 Å². The fourth-order valence-electron chi connectivity index (χ4n) is 2.42. The third-order valence-electron chi connectivity index (χ3n) is 3.39. The SMILES string of the molecule is CCNC(Cc1cc(Br)ccc1OC)c1ccoc1C. The van der Waals surface area contributed by atoms with E-state index < -0.39 is 0 Å². The Balaban J connectivity index is 2.29.